The third kappa shape index (κ3) is 6.00. The quantitative estimate of drug-likeness (QED) is 0.579. The summed E-state index contributed by atoms with van der Waals surface area (Å²) in [5.74, 6) is -0.475. The predicted octanol–water partition coefficient (Wildman–Crippen LogP) is 3.51. The lowest BCUT2D eigenvalue weighted by molar-refractivity contribution is 0.0463. The third-order valence-electron chi connectivity index (χ3n) is 6.78. The van der Waals surface area contributed by atoms with Crippen molar-refractivity contribution in [3.63, 3.8) is 0 Å². The second kappa shape index (κ2) is 11.9. The first-order valence-corrected chi connectivity index (χ1v) is 13.9. The number of carbonyl (C=O) groups excluding carboxylic acids is 1. The summed E-state index contributed by atoms with van der Waals surface area (Å²) in [6, 6.07) is 10.7. The molecule has 4 rings (SSSR count). The SMILES string of the molecule is O=C(OC[C@H]1CCC[C@@H](c2ccccc2F)N1S(=O)(=O)c1ccc(Cl)cc1)N1CCN(CCO)CC1. The van der Waals surface area contributed by atoms with Gasteiger partial charge in [0, 0.05) is 43.3 Å². The Bertz CT molecular complexity index is 1140. The molecule has 2 heterocycles. The molecule has 36 heavy (non-hydrogen) atoms. The fourth-order valence-corrected chi connectivity index (χ4v) is 6.86. The number of hydrogen-bond donors (Lipinski definition) is 1. The first-order valence-electron chi connectivity index (χ1n) is 12.1. The maximum atomic E-state index is 14.8. The van der Waals surface area contributed by atoms with Crippen molar-refractivity contribution in [1.82, 2.24) is 14.1 Å². The molecule has 2 aromatic rings. The Hall–Kier alpha value is -2.24. The summed E-state index contributed by atoms with van der Waals surface area (Å²) in [6.07, 6.45) is 1.09. The zero-order chi connectivity index (χ0) is 25.7. The molecular weight excluding hydrogens is 509 g/mol. The average Bonchev–Trinajstić information content (AvgIpc) is 2.88. The lowest BCUT2D eigenvalue weighted by Gasteiger charge is -2.41. The summed E-state index contributed by atoms with van der Waals surface area (Å²) in [5.41, 5.74) is 0.297. The van der Waals surface area contributed by atoms with Crippen LogP contribution in [0.1, 0.15) is 30.9 Å². The van der Waals surface area contributed by atoms with Crippen LogP contribution < -0.4 is 0 Å². The highest BCUT2D eigenvalue weighted by molar-refractivity contribution is 7.89. The van der Waals surface area contributed by atoms with Gasteiger partial charge in [-0.1, -0.05) is 29.8 Å². The van der Waals surface area contributed by atoms with E-state index in [1.807, 2.05) is 0 Å². The first kappa shape index (κ1) is 26.8. The van der Waals surface area contributed by atoms with Gasteiger partial charge >= 0.3 is 6.09 Å². The number of β-amino-alcohol motifs (C(OH)–C–C–N with tert-alkyl or cyclic N) is 1. The monoisotopic (exact) mass is 539 g/mol. The Morgan fingerprint density at radius 3 is 2.42 bits per heavy atom. The molecule has 2 fully saturated rings. The fourth-order valence-electron chi connectivity index (χ4n) is 4.90. The highest BCUT2D eigenvalue weighted by Crippen LogP contribution is 2.40. The number of ether oxygens (including phenoxy) is 1. The van der Waals surface area contributed by atoms with Gasteiger partial charge in [-0.3, -0.25) is 4.90 Å². The molecule has 1 N–H and O–H groups in total. The minimum atomic E-state index is -4.06. The molecule has 1 amide bonds. The molecule has 0 aliphatic carbocycles. The highest BCUT2D eigenvalue weighted by Gasteiger charge is 2.42. The number of carbonyl (C=O) groups is 1. The second-order valence-corrected chi connectivity index (χ2v) is 11.3. The van der Waals surface area contributed by atoms with Gasteiger partial charge < -0.3 is 14.7 Å². The number of piperidine rings is 1. The van der Waals surface area contributed by atoms with Crippen molar-refractivity contribution in [3.8, 4) is 0 Å². The van der Waals surface area contributed by atoms with Crippen molar-refractivity contribution in [2.24, 2.45) is 0 Å². The summed E-state index contributed by atoms with van der Waals surface area (Å²) >= 11 is 5.97. The van der Waals surface area contributed by atoms with Crippen LogP contribution >= 0.6 is 11.6 Å². The van der Waals surface area contributed by atoms with E-state index in [0.29, 0.717) is 62.6 Å². The molecule has 0 aromatic heterocycles. The van der Waals surface area contributed by atoms with Gasteiger partial charge in [-0.2, -0.15) is 4.31 Å². The number of aliphatic hydroxyl groups is 1. The van der Waals surface area contributed by atoms with E-state index in [1.165, 1.54) is 34.6 Å². The maximum Gasteiger partial charge on any atom is 0.409 e. The number of piperazine rings is 1. The molecule has 8 nitrogen and oxygen atoms in total. The van der Waals surface area contributed by atoms with Crippen molar-refractivity contribution < 1.29 is 27.4 Å². The van der Waals surface area contributed by atoms with Crippen LogP contribution in [-0.4, -0.2) is 85.7 Å². The normalized spacial score (nSPS) is 21.9. The smallest absolute Gasteiger partial charge is 0.409 e. The van der Waals surface area contributed by atoms with Gasteiger partial charge in [-0.05, 0) is 49.6 Å². The van der Waals surface area contributed by atoms with Crippen LogP contribution in [0, 0.1) is 5.82 Å². The van der Waals surface area contributed by atoms with Gasteiger partial charge in [0.05, 0.1) is 23.6 Å². The predicted molar refractivity (Wildman–Crippen MR) is 134 cm³/mol. The molecule has 0 bridgehead atoms. The molecule has 2 atom stereocenters. The second-order valence-electron chi connectivity index (χ2n) is 9.04. The first-order chi connectivity index (χ1) is 17.3. The van der Waals surface area contributed by atoms with Crippen LogP contribution in [0.3, 0.4) is 0 Å². The number of hydrogen-bond acceptors (Lipinski definition) is 6. The van der Waals surface area contributed by atoms with E-state index < -0.39 is 34.0 Å². The Balaban J connectivity index is 1.56. The summed E-state index contributed by atoms with van der Waals surface area (Å²) in [7, 11) is -4.06. The van der Waals surface area contributed by atoms with Gasteiger partial charge in [-0.25, -0.2) is 17.6 Å². The van der Waals surface area contributed by atoms with E-state index in [1.54, 1.807) is 23.1 Å². The molecule has 0 saturated carbocycles. The number of rotatable bonds is 7. The molecule has 0 spiro atoms. The van der Waals surface area contributed by atoms with Crippen molar-refractivity contribution in [1.29, 1.82) is 0 Å². The van der Waals surface area contributed by atoms with Crippen molar-refractivity contribution in [2.45, 2.75) is 36.2 Å². The number of halogens is 2. The average molecular weight is 540 g/mol. The van der Waals surface area contributed by atoms with Crippen LogP contribution in [0.4, 0.5) is 9.18 Å². The lowest BCUT2D eigenvalue weighted by atomic mass is 9.93. The number of benzene rings is 2. The molecule has 2 saturated heterocycles. The van der Waals surface area contributed by atoms with Crippen molar-refractivity contribution in [3.05, 3.63) is 64.9 Å². The molecule has 0 radical (unpaired) electrons. The molecule has 0 unspecified atom stereocenters. The number of sulfonamides is 1. The Morgan fingerprint density at radius 2 is 1.75 bits per heavy atom. The van der Waals surface area contributed by atoms with E-state index >= 15 is 0 Å². The van der Waals surface area contributed by atoms with E-state index in [0.717, 1.165) is 0 Å². The topological polar surface area (TPSA) is 90.4 Å². The zero-order valence-electron chi connectivity index (χ0n) is 19.9. The summed E-state index contributed by atoms with van der Waals surface area (Å²) in [5, 5.41) is 9.50. The number of nitrogens with zero attached hydrogens (tertiary/aromatic N) is 3. The maximum absolute atomic E-state index is 14.8. The number of amides is 1. The van der Waals surface area contributed by atoms with Crippen LogP contribution in [-0.2, 0) is 14.8 Å². The van der Waals surface area contributed by atoms with Crippen LogP contribution in [0.2, 0.25) is 5.02 Å². The van der Waals surface area contributed by atoms with Crippen LogP contribution in [0.15, 0.2) is 53.4 Å². The lowest BCUT2D eigenvalue weighted by Crippen LogP contribution is -2.51. The Kier molecular flexibility index (Phi) is 8.84. The van der Waals surface area contributed by atoms with E-state index in [-0.39, 0.29) is 18.1 Å². The molecule has 11 heteroatoms. The van der Waals surface area contributed by atoms with E-state index in [4.69, 9.17) is 21.4 Å². The van der Waals surface area contributed by atoms with E-state index in [2.05, 4.69) is 4.90 Å². The van der Waals surface area contributed by atoms with Gasteiger partial charge in [0.2, 0.25) is 10.0 Å². The van der Waals surface area contributed by atoms with E-state index in [9.17, 15) is 17.6 Å². The Morgan fingerprint density at radius 1 is 1.06 bits per heavy atom. The summed E-state index contributed by atoms with van der Waals surface area (Å²) < 4.78 is 49.4. The summed E-state index contributed by atoms with van der Waals surface area (Å²) in [6.45, 7) is 2.68. The minimum Gasteiger partial charge on any atom is -0.448 e. The molecule has 2 aliphatic heterocycles. The molecule has 2 aliphatic rings. The molecule has 196 valence electrons. The molecule has 2 aromatic carbocycles. The minimum absolute atomic E-state index is 0.0477. The third-order valence-corrected chi connectivity index (χ3v) is 9.01. The van der Waals surface area contributed by atoms with Gasteiger partial charge in [0.1, 0.15) is 12.4 Å². The summed E-state index contributed by atoms with van der Waals surface area (Å²) in [4.78, 5) is 16.5. The van der Waals surface area contributed by atoms with Gasteiger partial charge in [0.25, 0.3) is 0 Å². The largest absolute Gasteiger partial charge is 0.448 e. The van der Waals surface area contributed by atoms with Crippen molar-refractivity contribution >= 4 is 27.7 Å². The van der Waals surface area contributed by atoms with Crippen LogP contribution in [0.25, 0.3) is 0 Å². The van der Waals surface area contributed by atoms with Gasteiger partial charge in [0.15, 0.2) is 0 Å². The number of aliphatic hydroxyl groups excluding tert-OH is 1. The Labute approximate surface area is 216 Å². The van der Waals surface area contributed by atoms with Crippen LogP contribution in [0.5, 0.6) is 0 Å². The molecular formula is C25H31ClFN3O5S. The van der Waals surface area contributed by atoms with Crippen molar-refractivity contribution in [2.75, 3.05) is 45.9 Å². The van der Waals surface area contributed by atoms with Gasteiger partial charge in [-0.15, -0.1) is 0 Å². The highest BCUT2D eigenvalue weighted by atomic mass is 35.5. The standard InChI is InChI=1S/C25H31ClFN3O5S/c26-19-8-10-21(11-9-19)36(33,34)30-20(4-3-7-24(30)22-5-1-2-6-23(22)27)18-35-25(32)29-14-12-28(13-15-29)16-17-31/h1-2,5-6,8-11,20,24,31H,3-4,7,12-18H2/t20-,24+/m1/s1. The zero-order valence-corrected chi connectivity index (χ0v) is 21.5. The fraction of sp³-hybridized carbons (Fsp3) is 0.480.